The lowest BCUT2D eigenvalue weighted by Crippen LogP contribution is -2.53. The fraction of sp³-hybridized carbons (Fsp3) is 0.233. The minimum absolute atomic E-state index is 0.205. The van der Waals surface area contributed by atoms with Gasteiger partial charge < -0.3 is 0 Å². The lowest BCUT2D eigenvalue weighted by molar-refractivity contribution is -0.719. The molecule has 3 aromatic heterocycles. The lowest BCUT2D eigenvalue weighted by atomic mass is 9.77. The fourth-order valence-electron chi connectivity index (χ4n) is 11.7. The van der Waals surface area contributed by atoms with Gasteiger partial charge in [-0.05, 0) is 70.2 Å². The van der Waals surface area contributed by atoms with Crippen LogP contribution in [0.2, 0.25) is 19.6 Å². The van der Waals surface area contributed by atoms with Crippen molar-refractivity contribution in [3.05, 3.63) is 175 Å². The summed E-state index contributed by atoms with van der Waals surface area (Å²) >= 11 is 1.99. The molecule has 0 saturated heterocycles. The van der Waals surface area contributed by atoms with E-state index >= 15 is 0 Å². The molecule has 12 rings (SSSR count). The molecular formula is C60H57N3SSi+2. The molecule has 0 saturated carbocycles. The molecule has 10 aromatic rings. The number of nitrogens with zero attached hydrogens (tertiary/aromatic N) is 3. The van der Waals surface area contributed by atoms with Crippen LogP contribution in [0.3, 0.4) is 0 Å². The van der Waals surface area contributed by atoms with E-state index in [9.17, 15) is 0 Å². The Morgan fingerprint density at radius 1 is 0.662 bits per heavy atom. The van der Waals surface area contributed by atoms with E-state index in [4.69, 9.17) is 6.58 Å². The highest BCUT2D eigenvalue weighted by Crippen LogP contribution is 2.50. The minimum atomic E-state index is -1.63. The third kappa shape index (κ3) is 6.11. The van der Waals surface area contributed by atoms with Crippen LogP contribution >= 0.6 is 11.3 Å². The second-order valence-corrected chi connectivity index (χ2v) is 26.6. The standard InChI is InChI=1S/C60H57N3SSi/c1-36(2)42-20-15-21-43(37(3)4)57(42)63-54-23-14-13-22-53(54)62-38(5)34-55-48(45-18-11-12-19-47(45)52-33-27-41(35-61(52)55)65(6,7)8)28-25-40-26-30-51-50-32-31-46-44-17-10-9-16-39(44)24-29-49(46)58(50)64-59(51)56(40)60(62)63/h9-24,26-27,29-33,35-37,48,55H,5,25,28,34H2,1-4,6-8H3/q+2. The highest BCUT2D eigenvalue weighted by molar-refractivity contribution is 7.27. The zero-order chi connectivity index (χ0) is 44.5. The van der Waals surface area contributed by atoms with Crippen LogP contribution in [0.25, 0.3) is 86.8 Å². The maximum Gasteiger partial charge on any atom is 0.301 e. The molecule has 5 heteroatoms. The highest BCUT2D eigenvalue weighted by Gasteiger charge is 2.44. The van der Waals surface area contributed by atoms with Gasteiger partial charge in [0.05, 0.1) is 24.8 Å². The van der Waals surface area contributed by atoms with E-state index < -0.39 is 8.07 Å². The first kappa shape index (κ1) is 40.4. The van der Waals surface area contributed by atoms with Crippen molar-refractivity contribution >= 4 is 83.0 Å². The van der Waals surface area contributed by atoms with Crippen LogP contribution in [0.5, 0.6) is 0 Å². The normalized spacial score (nSPS) is 16.4. The largest absolute Gasteiger partial charge is 0.301 e. The Hall–Kier alpha value is -6.14. The van der Waals surface area contributed by atoms with Gasteiger partial charge in [0.15, 0.2) is 23.3 Å². The number of hydrogen-bond acceptors (Lipinski definition) is 1. The van der Waals surface area contributed by atoms with Gasteiger partial charge >= 0.3 is 5.82 Å². The van der Waals surface area contributed by atoms with Gasteiger partial charge in [-0.1, -0.05) is 169 Å². The van der Waals surface area contributed by atoms with Crippen molar-refractivity contribution in [2.24, 2.45) is 0 Å². The second-order valence-electron chi connectivity index (χ2n) is 20.5. The molecule has 0 radical (unpaired) electrons. The summed E-state index contributed by atoms with van der Waals surface area (Å²) in [5.74, 6) is 2.19. The summed E-state index contributed by atoms with van der Waals surface area (Å²) in [6.07, 6.45) is 5.37. The molecule has 2 aliphatic heterocycles. The Balaban J connectivity index is 1.22. The number of hydrogen-bond donors (Lipinski definition) is 0. The predicted octanol–water partition coefficient (Wildman–Crippen LogP) is 15.2. The first-order valence-corrected chi connectivity index (χ1v) is 28.1. The van der Waals surface area contributed by atoms with Crippen LogP contribution in [-0.2, 0) is 6.42 Å². The summed E-state index contributed by atoms with van der Waals surface area (Å²) < 4.78 is 10.7. The van der Waals surface area contributed by atoms with Gasteiger partial charge in [-0.15, -0.1) is 11.3 Å². The van der Waals surface area contributed by atoms with Gasteiger partial charge in [0.2, 0.25) is 5.69 Å². The molecule has 5 heterocycles. The van der Waals surface area contributed by atoms with E-state index in [1.807, 2.05) is 11.3 Å². The molecule has 0 N–H and O–H groups in total. The number of aryl methyl sites for hydroxylation is 1. The van der Waals surface area contributed by atoms with Gasteiger partial charge in [-0.3, -0.25) is 0 Å². The van der Waals surface area contributed by atoms with Crippen molar-refractivity contribution in [2.45, 2.75) is 90.4 Å². The van der Waals surface area contributed by atoms with E-state index in [-0.39, 0.29) is 6.04 Å². The van der Waals surface area contributed by atoms with Crippen LogP contribution < -0.4 is 14.3 Å². The minimum Gasteiger partial charge on any atom is -0.195 e. The number of para-hydroxylation sites is 3. The lowest BCUT2D eigenvalue weighted by Gasteiger charge is -2.32. The molecule has 3 nitrogen and oxygen atoms in total. The van der Waals surface area contributed by atoms with Gasteiger partial charge in [0.1, 0.15) is 11.4 Å². The van der Waals surface area contributed by atoms with E-state index in [1.54, 1.807) is 0 Å². The monoisotopic (exact) mass is 879 g/mol. The summed E-state index contributed by atoms with van der Waals surface area (Å²) in [5, 5.41) is 9.40. The number of allylic oxidation sites excluding steroid dienone is 1. The van der Waals surface area contributed by atoms with Crippen molar-refractivity contribution in [2.75, 3.05) is 0 Å². The van der Waals surface area contributed by atoms with Crippen molar-refractivity contribution in [1.29, 1.82) is 0 Å². The molecule has 2 unspecified atom stereocenters. The van der Waals surface area contributed by atoms with Gasteiger partial charge in [-0.2, -0.15) is 13.7 Å². The number of pyridine rings is 1. The van der Waals surface area contributed by atoms with Gasteiger partial charge in [0.25, 0.3) is 0 Å². The first-order chi connectivity index (χ1) is 31.5. The zero-order valence-electron chi connectivity index (χ0n) is 38.7. The van der Waals surface area contributed by atoms with Crippen LogP contribution in [0.4, 0.5) is 0 Å². The molecule has 0 amide bonds. The summed E-state index contributed by atoms with van der Waals surface area (Å²) in [4.78, 5) is 0. The molecule has 0 spiro atoms. The average molecular weight is 880 g/mol. The molecule has 320 valence electrons. The van der Waals surface area contributed by atoms with Crippen molar-refractivity contribution in [3.63, 3.8) is 0 Å². The number of thiophene rings is 1. The Morgan fingerprint density at radius 2 is 1.34 bits per heavy atom. The summed E-state index contributed by atoms with van der Waals surface area (Å²) in [6.45, 7) is 22.1. The number of imidazole rings is 1. The van der Waals surface area contributed by atoms with Gasteiger partial charge in [0, 0.05) is 54.7 Å². The molecule has 7 aromatic carbocycles. The first-order valence-electron chi connectivity index (χ1n) is 23.8. The van der Waals surface area contributed by atoms with Crippen molar-refractivity contribution in [1.82, 2.24) is 4.57 Å². The molecule has 65 heavy (non-hydrogen) atoms. The number of benzene rings is 7. The van der Waals surface area contributed by atoms with E-state index in [1.165, 1.54) is 109 Å². The van der Waals surface area contributed by atoms with Crippen LogP contribution in [0.15, 0.2) is 152 Å². The molecule has 0 fully saturated rings. The Bertz CT molecular complexity index is 3590. The average Bonchev–Trinajstić information content (AvgIpc) is 3.86. The van der Waals surface area contributed by atoms with Crippen molar-refractivity contribution < 1.29 is 9.13 Å². The highest BCUT2D eigenvalue weighted by atomic mass is 32.1. The smallest absolute Gasteiger partial charge is 0.195 e. The third-order valence-corrected chi connectivity index (χ3v) is 18.3. The number of rotatable bonds is 4. The number of aromatic nitrogens is 3. The maximum atomic E-state index is 5.21. The molecule has 2 atom stereocenters. The number of fused-ring (bicyclic) bond motifs is 19. The Labute approximate surface area is 388 Å². The third-order valence-electron chi connectivity index (χ3n) is 15.0. The fourth-order valence-corrected chi connectivity index (χ4v) is 14.2. The molecule has 0 aliphatic carbocycles. The van der Waals surface area contributed by atoms with Crippen LogP contribution in [0, 0.1) is 0 Å². The molecular weight excluding hydrogens is 823 g/mol. The van der Waals surface area contributed by atoms with Crippen LogP contribution in [0.1, 0.15) is 86.6 Å². The Morgan fingerprint density at radius 3 is 2.14 bits per heavy atom. The molecule has 0 bridgehead atoms. The summed E-state index contributed by atoms with van der Waals surface area (Å²) in [6, 6.07) is 53.7. The topological polar surface area (TPSA) is 12.7 Å². The second kappa shape index (κ2) is 14.9. The predicted molar refractivity (Wildman–Crippen MR) is 280 cm³/mol. The summed E-state index contributed by atoms with van der Waals surface area (Å²) in [5.41, 5.74) is 14.5. The Kier molecular flexibility index (Phi) is 9.28. The molecule has 2 aliphatic rings. The van der Waals surface area contributed by atoms with Gasteiger partial charge in [-0.25, -0.2) is 0 Å². The maximum absolute atomic E-state index is 5.21. The van der Waals surface area contributed by atoms with E-state index in [0.29, 0.717) is 17.8 Å². The van der Waals surface area contributed by atoms with Crippen LogP contribution in [-0.4, -0.2) is 12.6 Å². The zero-order valence-corrected chi connectivity index (χ0v) is 40.6. The van der Waals surface area contributed by atoms with E-state index in [2.05, 4.69) is 207 Å². The summed E-state index contributed by atoms with van der Waals surface area (Å²) in [7, 11) is -1.63. The van der Waals surface area contributed by atoms with E-state index in [0.717, 1.165) is 25.0 Å². The van der Waals surface area contributed by atoms with Crippen molar-refractivity contribution in [3.8, 4) is 28.3 Å². The SMILES string of the molecule is C=C1CC2C(CCc3ccc4c(sc5c4ccc4c6ccccc6ccc45)c3-c3n(-c4c(C(C)C)cccc4C(C)C)c4ccccc4[n+]31)c1ccccc1-c1ccc([Si](C)(C)C)c[n+]12. The quantitative estimate of drug-likeness (QED) is 0.0949.